The Kier molecular flexibility index (Phi) is 8.03. The van der Waals surface area contributed by atoms with Crippen molar-refractivity contribution in [2.45, 2.75) is 31.6 Å². The number of ether oxygens (including phenoxy) is 2. The van der Waals surface area contributed by atoms with E-state index in [1.165, 1.54) is 37.2 Å². The Morgan fingerprint density at radius 1 is 1.08 bits per heavy atom. The summed E-state index contributed by atoms with van der Waals surface area (Å²) < 4.78 is 55.7. The SMILES string of the molecule is COc1cccc(OC)c1-n1c(N[S+]([O-])C(C)C(C)c2ncc(C#N)cn2)nnc1-c1ccn(C(F)F)n1. The molecule has 1 aromatic carbocycles. The molecule has 38 heavy (non-hydrogen) atoms. The van der Waals surface area contributed by atoms with Crippen molar-refractivity contribution in [2.24, 2.45) is 0 Å². The molecule has 198 valence electrons. The second kappa shape index (κ2) is 11.4. The van der Waals surface area contributed by atoms with Crippen molar-refractivity contribution in [3.8, 4) is 34.8 Å². The van der Waals surface area contributed by atoms with Crippen LogP contribution in [0.5, 0.6) is 11.5 Å². The number of benzene rings is 1. The Hall–Kier alpha value is -4.29. The second-order valence-corrected chi connectivity index (χ2v) is 9.53. The molecule has 0 aliphatic carbocycles. The number of rotatable bonds is 10. The van der Waals surface area contributed by atoms with Gasteiger partial charge in [-0.15, -0.1) is 10.2 Å². The first kappa shape index (κ1) is 26.8. The topological polar surface area (TPSA) is 152 Å². The molecule has 0 spiro atoms. The summed E-state index contributed by atoms with van der Waals surface area (Å²) in [6.45, 7) is 0.699. The monoisotopic (exact) mass is 543 g/mol. The maximum Gasteiger partial charge on any atom is 0.333 e. The van der Waals surface area contributed by atoms with Crippen LogP contribution in [0, 0.1) is 11.3 Å². The van der Waals surface area contributed by atoms with Crippen LogP contribution in [0.1, 0.15) is 37.7 Å². The van der Waals surface area contributed by atoms with E-state index in [9.17, 15) is 13.3 Å². The first-order valence-electron chi connectivity index (χ1n) is 11.2. The first-order chi connectivity index (χ1) is 18.3. The summed E-state index contributed by atoms with van der Waals surface area (Å²) >= 11 is -1.75. The fourth-order valence-corrected chi connectivity index (χ4v) is 4.55. The first-order valence-corrected chi connectivity index (χ1v) is 12.4. The summed E-state index contributed by atoms with van der Waals surface area (Å²) in [5, 5.41) is 20.7. The molecule has 0 amide bonds. The van der Waals surface area contributed by atoms with Crippen LogP contribution in [0.2, 0.25) is 0 Å². The Bertz CT molecular complexity index is 1420. The van der Waals surface area contributed by atoms with Gasteiger partial charge in [0, 0.05) is 18.6 Å². The lowest BCUT2D eigenvalue weighted by atomic mass is 10.1. The summed E-state index contributed by atoms with van der Waals surface area (Å²) in [5.41, 5.74) is 0.755. The number of halogens is 2. The minimum atomic E-state index is -2.85. The van der Waals surface area contributed by atoms with Crippen molar-refractivity contribution in [1.82, 2.24) is 34.5 Å². The van der Waals surface area contributed by atoms with Crippen molar-refractivity contribution in [2.75, 3.05) is 18.9 Å². The number of methoxy groups -OCH3 is 2. The number of nitriles is 1. The predicted molar refractivity (Wildman–Crippen MR) is 133 cm³/mol. The van der Waals surface area contributed by atoms with Gasteiger partial charge >= 0.3 is 6.55 Å². The summed E-state index contributed by atoms with van der Waals surface area (Å²) in [5.74, 6) is 0.891. The third-order valence-electron chi connectivity index (χ3n) is 5.77. The normalized spacial score (nSPS) is 13.6. The third kappa shape index (κ3) is 5.22. The highest BCUT2D eigenvalue weighted by Crippen LogP contribution is 2.38. The second-order valence-electron chi connectivity index (χ2n) is 7.99. The molecule has 1 N–H and O–H groups in total. The van der Waals surface area contributed by atoms with Gasteiger partial charge in [-0.05, 0) is 25.1 Å². The van der Waals surface area contributed by atoms with Gasteiger partial charge in [-0.2, -0.15) is 23.9 Å². The lowest BCUT2D eigenvalue weighted by Gasteiger charge is -2.23. The van der Waals surface area contributed by atoms with Gasteiger partial charge in [0.05, 0.1) is 37.1 Å². The molecule has 3 aromatic heterocycles. The van der Waals surface area contributed by atoms with E-state index >= 15 is 0 Å². The molecule has 0 aliphatic rings. The van der Waals surface area contributed by atoms with E-state index in [1.54, 1.807) is 25.1 Å². The van der Waals surface area contributed by atoms with Gasteiger partial charge in [0.25, 0.3) is 5.95 Å². The van der Waals surface area contributed by atoms with Crippen LogP contribution in [-0.4, -0.2) is 58.5 Å². The van der Waals surface area contributed by atoms with Gasteiger partial charge in [0.2, 0.25) is 0 Å². The number of alkyl halides is 2. The zero-order valence-electron chi connectivity index (χ0n) is 20.7. The summed E-state index contributed by atoms with van der Waals surface area (Å²) in [6.07, 6.45) is 3.92. The average molecular weight is 544 g/mol. The smallest absolute Gasteiger partial charge is 0.333 e. The molecule has 0 saturated carbocycles. The molecule has 0 fully saturated rings. The largest absolute Gasteiger partial charge is 0.593 e. The minimum Gasteiger partial charge on any atom is -0.593 e. The zero-order valence-corrected chi connectivity index (χ0v) is 21.6. The molecule has 3 atom stereocenters. The number of nitrogens with zero attached hydrogens (tertiary/aromatic N) is 8. The van der Waals surface area contributed by atoms with Gasteiger partial charge in [0.15, 0.2) is 5.82 Å². The summed E-state index contributed by atoms with van der Waals surface area (Å²) in [7, 11) is 2.92. The number of nitrogens with one attached hydrogen (secondary N) is 1. The van der Waals surface area contributed by atoms with Gasteiger partial charge < -0.3 is 14.0 Å². The van der Waals surface area contributed by atoms with Crippen LogP contribution in [0.25, 0.3) is 17.2 Å². The fraction of sp³-hybridized carbons (Fsp3) is 0.304. The molecule has 0 radical (unpaired) electrons. The minimum absolute atomic E-state index is 0.0347. The van der Waals surface area contributed by atoms with E-state index < -0.39 is 23.2 Å². The highest BCUT2D eigenvalue weighted by molar-refractivity contribution is 7.93. The van der Waals surface area contributed by atoms with Crippen molar-refractivity contribution in [1.29, 1.82) is 5.26 Å². The Balaban J connectivity index is 1.75. The number of para-hydroxylation sites is 1. The molecular weight excluding hydrogens is 520 g/mol. The molecule has 4 rings (SSSR count). The zero-order chi connectivity index (χ0) is 27.4. The van der Waals surface area contributed by atoms with Gasteiger partial charge in [0.1, 0.15) is 40.0 Å². The van der Waals surface area contributed by atoms with E-state index in [4.69, 9.17) is 14.7 Å². The fourth-order valence-electron chi connectivity index (χ4n) is 3.56. The highest BCUT2D eigenvalue weighted by atomic mass is 32.2. The van der Waals surface area contributed by atoms with E-state index in [0.717, 1.165) is 6.20 Å². The van der Waals surface area contributed by atoms with Crippen LogP contribution in [-0.2, 0) is 11.4 Å². The Morgan fingerprint density at radius 2 is 1.74 bits per heavy atom. The Labute approximate surface area is 219 Å². The van der Waals surface area contributed by atoms with Crippen LogP contribution in [0.3, 0.4) is 0 Å². The van der Waals surface area contributed by atoms with E-state index in [2.05, 4.69) is 30.0 Å². The van der Waals surface area contributed by atoms with E-state index in [-0.39, 0.29) is 23.4 Å². The molecule has 15 heteroatoms. The molecule has 3 heterocycles. The van der Waals surface area contributed by atoms with E-state index in [0.29, 0.717) is 33.3 Å². The molecule has 12 nitrogen and oxygen atoms in total. The van der Waals surface area contributed by atoms with Crippen molar-refractivity contribution >= 4 is 17.3 Å². The number of hydrogen-bond donors (Lipinski definition) is 1. The van der Waals surface area contributed by atoms with Crippen LogP contribution >= 0.6 is 0 Å². The van der Waals surface area contributed by atoms with Crippen LogP contribution in [0.15, 0.2) is 42.9 Å². The Morgan fingerprint density at radius 3 is 2.29 bits per heavy atom. The van der Waals surface area contributed by atoms with Gasteiger partial charge in [-0.3, -0.25) is 0 Å². The highest BCUT2D eigenvalue weighted by Gasteiger charge is 2.32. The lowest BCUT2D eigenvalue weighted by Crippen LogP contribution is -2.31. The third-order valence-corrected chi connectivity index (χ3v) is 7.24. The standard InChI is InChI=1S/C23H23F2N9O3S/c1-13(20-27-11-15(10-26)12-28-20)14(2)38(35)32-23-30-29-21(16-8-9-33(31-16)22(24)25)34(23)19-17(36-3)6-5-7-18(19)37-4/h5-9,11-14,22H,1-4H3,(H,30,32). The quantitative estimate of drug-likeness (QED) is 0.294. The number of anilines is 1. The summed E-state index contributed by atoms with van der Waals surface area (Å²) in [4.78, 5) is 8.39. The van der Waals surface area contributed by atoms with Crippen LogP contribution in [0.4, 0.5) is 14.7 Å². The molecular formula is C23H23F2N9O3S. The van der Waals surface area contributed by atoms with Crippen molar-refractivity contribution in [3.63, 3.8) is 0 Å². The summed E-state index contributed by atoms with van der Waals surface area (Å²) in [6, 6.07) is 8.38. The maximum absolute atomic E-state index is 13.4. The van der Waals surface area contributed by atoms with Crippen LogP contribution < -0.4 is 14.2 Å². The number of hydrogen-bond acceptors (Lipinski definition) is 10. The van der Waals surface area contributed by atoms with Gasteiger partial charge in [-0.1, -0.05) is 13.0 Å². The molecule has 0 aliphatic heterocycles. The average Bonchev–Trinajstić information content (AvgIpc) is 3.59. The van der Waals surface area contributed by atoms with E-state index in [1.807, 2.05) is 13.0 Å². The molecule has 4 aromatic rings. The lowest BCUT2D eigenvalue weighted by molar-refractivity contribution is 0.0568. The molecule has 3 unspecified atom stereocenters. The van der Waals surface area contributed by atoms with Crippen molar-refractivity contribution < 1.29 is 22.8 Å². The predicted octanol–water partition coefficient (Wildman–Crippen LogP) is 3.47. The maximum atomic E-state index is 13.4. The number of aromatic nitrogens is 7. The molecule has 0 bridgehead atoms. The molecule has 0 saturated heterocycles. The van der Waals surface area contributed by atoms with Gasteiger partial charge in [-0.25, -0.2) is 19.2 Å². The van der Waals surface area contributed by atoms with Crippen molar-refractivity contribution in [3.05, 3.63) is 54.2 Å².